The second kappa shape index (κ2) is 5.14. The monoisotopic (exact) mass is 235 g/mol. The van der Waals surface area contributed by atoms with E-state index >= 15 is 0 Å². The van der Waals surface area contributed by atoms with Crippen LogP contribution in [0.15, 0.2) is 12.3 Å². The minimum Gasteiger partial charge on any atom is -0.490 e. The van der Waals surface area contributed by atoms with Crippen LogP contribution >= 0.6 is 0 Å². The largest absolute Gasteiger partial charge is 0.490 e. The topological polar surface area (TPSA) is 63.2 Å². The number of amides is 1. The maximum atomic E-state index is 10.9. The van der Waals surface area contributed by atoms with Gasteiger partial charge >= 0.3 is 0 Å². The Bertz CT molecular complexity index is 416. The molecule has 0 bridgehead atoms. The van der Waals surface area contributed by atoms with Crippen molar-refractivity contribution in [3.8, 4) is 5.75 Å². The summed E-state index contributed by atoms with van der Waals surface area (Å²) in [5, 5.41) is 5.96. The molecule has 2 heterocycles. The highest BCUT2D eigenvalue weighted by atomic mass is 16.5. The van der Waals surface area contributed by atoms with Gasteiger partial charge < -0.3 is 15.4 Å². The van der Waals surface area contributed by atoms with Crippen LogP contribution in [0, 0.1) is 6.92 Å². The van der Waals surface area contributed by atoms with Gasteiger partial charge in [0.1, 0.15) is 12.4 Å². The van der Waals surface area contributed by atoms with Crippen molar-refractivity contribution in [2.24, 2.45) is 0 Å². The molecule has 0 saturated carbocycles. The summed E-state index contributed by atoms with van der Waals surface area (Å²) in [4.78, 5) is 15.1. The van der Waals surface area contributed by atoms with Crippen LogP contribution in [0.1, 0.15) is 19.0 Å². The molecule has 1 fully saturated rings. The highest BCUT2D eigenvalue weighted by Crippen LogP contribution is 2.21. The van der Waals surface area contributed by atoms with Crippen LogP contribution < -0.4 is 15.4 Å². The SMILES string of the molecule is CC(=O)Nc1cnc(C)c(OC[C@@H]2CCN2)c1. The highest BCUT2D eigenvalue weighted by molar-refractivity contribution is 5.88. The highest BCUT2D eigenvalue weighted by Gasteiger charge is 2.17. The number of ether oxygens (including phenoxy) is 1. The maximum absolute atomic E-state index is 10.9. The summed E-state index contributed by atoms with van der Waals surface area (Å²) in [6, 6.07) is 2.25. The van der Waals surface area contributed by atoms with E-state index in [1.54, 1.807) is 6.20 Å². The quantitative estimate of drug-likeness (QED) is 0.820. The lowest BCUT2D eigenvalue weighted by Crippen LogP contribution is -2.46. The lowest BCUT2D eigenvalue weighted by atomic mass is 10.1. The minimum atomic E-state index is -0.109. The number of rotatable bonds is 4. The standard InChI is InChI=1S/C12H17N3O2/c1-8-12(17-7-10-3-4-13-10)5-11(6-14-8)15-9(2)16/h5-6,10,13H,3-4,7H2,1-2H3,(H,15,16)/t10-/m0/s1. The summed E-state index contributed by atoms with van der Waals surface area (Å²) in [5.41, 5.74) is 1.50. The maximum Gasteiger partial charge on any atom is 0.221 e. The smallest absolute Gasteiger partial charge is 0.221 e. The van der Waals surface area contributed by atoms with Gasteiger partial charge in [-0.05, 0) is 19.9 Å². The number of nitrogens with zero attached hydrogens (tertiary/aromatic N) is 1. The van der Waals surface area contributed by atoms with E-state index in [0.29, 0.717) is 18.3 Å². The zero-order valence-electron chi connectivity index (χ0n) is 10.1. The fourth-order valence-electron chi connectivity index (χ4n) is 1.61. The van der Waals surface area contributed by atoms with E-state index in [0.717, 1.165) is 24.4 Å². The van der Waals surface area contributed by atoms with Gasteiger partial charge in [0, 0.05) is 19.0 Å². The Morgan fingerprint density at radius 2 is 2.47 bits per heavy atom. The molecule has 2 N–H and O–H groups in total. The molecule has 1 aromatic heterocycles. The van der Waals surface area contributed by atoms with Crippen molar-refractivity contribution in [1.29, 1.82) is 0 Å². The number of pyridine rings is 1. The van der Waals surface area contributed by atoms with Crippen LogP contribution in [0.3, 0.4) is 0 Å². The van der Waals surface area contributed by atoms with Gasteiger partial charge in [-0.3, -0.25) is 9.78 Å². The van der Waals surface area contributed by atoms with Crippen LogP contribution in [0.2, 0.25) is 0 Å². The molecule has 0 aliphatic carbocycles. The number of aromatic nitrogens is 1. The Labute approximate surface area is 101 Å². The molecule has 5 heteroatoms. The minimum absolute atomic E-state index is 0.109. The Balaban J connectivity index is 2.00. The van der Waals surface area contributed by atoms with Crippen molar-refractivity contribution in [2.75, 3.05) is 18.5 Å². The fraction of sp³-hybridized carbons (Fsp3) is 0.500. The van der Waals surface area contributed by atoms with Crippen LogP contribution in [0.4, 0.5) is 5.69 Å². The molecular weight excluding hydrogens is 218 g/mol. The summed E-state index contributed by atoms with van der Waals surface area (Å²) in [5.74, 6) is 0.618. The van der Waals surface area contributed by atoms with Gasteiger partial charge in [-0.1, -0.05) is 0 Å². The van der Waals surface area contributed by atoms with Gasteiger partial charge in [0.25, 0.3) is 0 Å². The van der Waals surface area contributed by atoms with Crippen LogP contribution in [0.5, 0.6) is 5.75 Å². The third-order valence-electron chi connectivity index (χ3n) is 2.73. The first-order valence-corrected chi connectivity index (χ1v) is 5.75. The fourth-order valence-corrected chi connectivity index (χ4v) is 1.61. The Kier molecular flexibility index (Phi) is 3.58. The van der Waals surface area contributed by atoms with Crippen molar-refractivity contribution in [3.05, 3.63) is 18.0 Å². The molecule has 5 nitrogen and oxygen atoms in total. The van der Waals surface area contributed by atoms with Crippen molar-refractivity contribution in [1.82, 2.24) is 10.3 Å². The van der Waals surface area contributed by atoms with Gasteiger partial charge in [-0.25, -0.2) is 0 Å². The second-order valence-corrected chi connectivity index (χ2v) is 4.24. The van der Waals surface area contributed by atoms with Gasteiger partial charge in [-0.15, -0.1) is 0 Å². The van der Waals surface area contributed by atoms with Crippen LogP contribution in [-0.4, -0.2) is 30.1 Å². The molecule has 17 heavy (non-hydrogen) atoms. The molecule has 1 atom stereocenters. The summed E-state index contributed by atoms with van der Waals surface area (Å²) in [7, 11) is 0. The van der Waals surface area contributed by atoms with Crippen molar-refractivity contribution in [3.63, 3.8) is 0 Å². The summed E-state index contributed by atoms with van der Waals surface area (Å²) < 4.78 is 5.69. The number of aryl methyl sites for hydroxylation is 1. The molecular formula is C12H17N3O2. The van der Waals surface area contributed by atoms with E-state index in [2.05, 4.69) is 15.6 Å². The van der Waals surface area contributed by atoms with Gasteiger partial charge in [0.15, 0.2) is 0 Å². The van der Waals surface area contributed by atoms with E-state index < -0.39 is 0 Å². The average Bonchev–Trinajstić information content (AvgIpc) is 2.19. The van der Waals surface area contributed by atoms with Crippen molar-refractivity contribution >= 4 is 11.6 Å². The predicted molar refractivity (Wildman–Crippen MR) is 65.2 cm³/mol. The third-order valence-corrected chi connectivity index (χ3v) is 2.73. The molecule has 2 rings (SSSR count). The normalized spacial score (nSPS) is 18.4. The Morgan fingerprint density at radius 3 is 3.06 bits per heavy atom. The van der Waals surface area contributed by atoms with Crippen molar-refractivity contribution < 1.29 is 9.53 Å². The molecule has 1 amide bonds. The molecule has 0 aromatic carbocycles. The summed E-state index contributed by atoms with van der Waals surface area (Å²) in [6.45, 7) is 5.07. The molecule has 0 spiro atoms. The third kappa shape index (κ3) is 3.17. The lowest BCUT2D eigenvalue weighted by molar-refractivity contribution is -0.114. The van der Waals surface area contributed by atoms with E-state index in [9.17, 15) is 4.79 Å². The number of hydrogen-bond acceptors (Lipinski definition) is 4. The van der Waals surface area contributed by atoms with Crippen molar-refractivity contribution in [2.45, 2.75) is 26.3 Å². The predicted octanol–water partition coefficient (Wildman–Crippen LogP) is 1.09. The molecule has 1 saturated heterocycles. The molecule has 1 aliphatic rings. The number of carbonyl (C=O) groups is 1. The first kappa shape index (κ1) is 11.9. The second-order valence-electron chi connectivity index (χ2n) is 4.24. The van der Waals surface area contributed by atoms with E-state index in [1.807, 2.05) is 13.0 Å². The number of carbonyl (C=O) groups excluding carboxylic acids is 1. The molecule has 0 unspecified atom stereocenters. The first-order valence-electron chi connectivity index (χ1n) is 5.75. The molecule has 1 aromatic rings. The first-order chi connectivity index (χ1) is 8.15. The number of anilines is 1. The average molecular weight is 235 g/mol. The molecule has 92 valence electrons. The summed E-state index contributed by atoms with van der Waals surface area (Å²) in [6.07, 6.45) is 2.78. The van der Waals surface area contributed by atoms with Gasteiger partial charge in [0.05, 0.1) is 17.6 Å². The zero-order valence-corrected chi connectivity index (χ0v) is 10.1. The number of nitrogens with one attached hydrogen (secondary N) is 2. The van der Waals surface area contributed by atoms with Gasteiger partial charge in [0.2, 0.25) is 5.91 Å². The Morgan fingerprint density at radius 1 is 1.71 bits per heavy atom. The van der Waals surface area contributed by atoms with E-state index in [-0.39, 0.29) is 5.91 Å². The summed E-state index contributed by atoms with van der Waals surface area (Å²) >= 11 is 0. The van der Waals surface area contributed by atoms with Crippen LogP contribution in [-0.2, 0) is 4.79 Å². The zero-order chi connectivity index (χ0) is 12.3. The van der Waals surface area contributed by atoms with Crippen LogP contribution in [0.25, 0.3) is 0 Å². The van der Waals surface area contributed by atoms with Gasteiger partial charge in [-0.2, -0.15) is 0 Å². The molecule has 0 radical (unpaired) electrons. The van der Waals surface area contributed by atoms with E-state index in [4.69, 9.17) is 4.74 Å². The van der Waals surface area contributed by atoms with E-state index in [1.165, 1.54) is 6.92 Å². The lowest BCUT2D eigenvalue weighted by Gasteiger charge is -2.27. The molecule has 1 aliphatic heterocycles. The Hall–Kier alpha value is -1.62. The number of hydrogen-bond donors (Lipinski definition) is 2.